The maximum absolute atomic E-state index is 13.1. The van der Waals surface area contributed by atoms with Crippen molar-refractivity contribution in [3.63, 3.8) is 0 Å². The van der Waals surface area contributed by atoms with Gasteiger partial charge in [0.15, 0.2) is 17.1 Å². The molecule has 0 atom stereocenters. The van der Waals surface area contributed by atoms with Crippen LogP contribution in [0.2, 0.25) is 0 Å². The van der Waals surface area contributed by atoms with E-state index in [0.29, 0.717) is 17.0 Å². The summed E-state index contributed by atoms with van der Waals surface area (Å²) >= 11 is 0. The fourth-order valence-electron chi connectivity index (χ4n) is 3.88. The monoisotopic (exact) mass is 475 g/mol. The summed E-state index contributed by atoms with van der Waals surface area (Å²) < 4.78 is 44.5. The fraction of sp³-hybridized carbons (Fsp3) is 0.364. The smallest absolute Gasteiger partial charge is 0.419 e. The molecule has 1 aromatic heterocycles. The first kappa shape index (κ1) is 22.9. The fourth-order valence-corrected chi connectivity index (χ4v) is 5.32. The highest BCUT2D eigenvalue weighted by atomic mass is 32.2. The number of aromatic nitrogens is 1. The third-order valence-corrected chi connectivity index (χ3v) is 7.69. The Hall–Kier alpha value is -3.31. The van der Waals surface area contributed by atoms with Gasteiger partial charge >= 0.3 is 5.76 Å². The largest absolute Gasteiger partial charge is 0.493 e. The van der Waals surface area contributed by atoms with Gasteiger partial charge in [0.05, 0.1) is 31.1 Å². The molecule has 176 valence electrons. The van der Waals surface area contributed by atoms with Crippen molar-refractivity contribution in [3.8, 4) is 11.5 Å². The molecular weight excluding hydrogens is 450 g/mol. The van der Waals surface area contributed by atoms with Gasteiger partial charge in [-0.1, -0.05) is 6.07 Å². The maximum atomic E-state index is 13.1. The van der Waals surface area contributed by atoms with Crippen LogP contribution in [0.1, 0.15) is 5.56 Å². The van der Waals surface area contributed by atoms with Crippen LogP contribution in [0.5, 0.6) is 11.5 Å². The number of carbonyl (C=O) groups is 1. The second-order valence-electron chi connectivity index (χ2n) is 7.71. The molecule has 1 saturated heterocycles. The predicted octanol–water partition coefficient (Wildman–Crippen LogP) is 1.22. The molecule has 2 aromatic carbocycles. The van der Waals surface area contributed by atoms with Crippen LogP contribution in [0.25, 0.3) is 11.1 Å². The van der Waals surface area contributed by atoms with E-state index in [1.807, 2.05) is 0 Å². The number of amides is 1. The van der Waals surface area contributed by atoms with Crippen molar-refractivity contribution in [3.05, 3.63) is 52.5 Å². The molecule has 0 unspecified atom stereocenters. The first-order chi connectivity index (χ1) is 15.7. The van der Waals surface area contributed by atoms with Gasteiger partial charge in [-0.15, -0.1) is 0 Å². The molecule has 3 aromatic rings. The number of piperazine rings is 1. The lowest BCUT2D eigenvalue weighted by molar-refractivity contribution is -0.131. The van der Waals surface area contributed by atoms with E-state index in [9.17, 15) is 18.0 Å². The maximum Gasteiger partial charge on any atom is 0.419 e. The van der Waals surface area contributed by atoms with Crippen molar-refractivity contribution in [2.24, 2.45) is 7.05 Å². The van der Waals surface area contributed by atoms with Crippen molar-refractivity contribution in [1.82, 2.24) is 13.8 Å². The minimum atomic E-state index is -3.79. The first-order valence-electron chi connectivity index (χ1n) is 10.3. The van der Waals surface area contributed by atoms with E-state index in [-0.39, 0.29) is 49.0 Å². The minimum Gasteiger partial charge on any atom is -0.493 e. The van der Waals surface area contributed by atoms with Crippen LogP contribution in [0.15, 0.2) is 50.5 Å². The molecule has 10 nitrogen and oxygen atoms in total. The summed E-state index contributed by atoms with van der Waals surface area (Å²) in [5.41, 5.74) is 1.52. The number of hydrogen-bond donors (Lipinski definition) is 0. The Morgan fingerprint density at radius 1 is 1.00 bits per heavy atom. The molecule has 4 rings (SSSR count). The van der Waals surface area contributed by atoms with E-state index in [1.165, 1.54) is 28.1 Å². The third-order valence-electron chi connectivity index (χ3n) is 5.80. The molecule has 33 heavy (non-hydrogen) atoms. The molecule has 1 aliphatic rings. The van der Waals surface area contributed by atoms with Crippen LogP contribution in [0.3, 0.4) is 0 Å². The number of oxazole rings is 1. The highest BCUT2D eigenvalue weighted by molar-refractivity contribution is 7.89. The third kappa shape index (κ3) is 4.33. The first-order valence-corrected chi connectivity index (χ1v) is 11.8. The number of fused-ring (bicyclic) bond motifs is 1. The van der Waals surface area contributed by atoms with E-state index in [0.717, 1.165) is 5.56 Å². The number of sulfonamides is 1. The van der Waals surface area contributed by atoms with Gasteiger partial charge in [0.1, 0.15) is 0 Å². The molecule has 0 spiro atoms. The predicted molar refractivity (Wildman–Crippen MR) is 120 cm³/mol. The number of benzene rings is 2. The molecular formula is C22H25N3O7S. The lowest BCUT2D eigenvalue weighted by Crippen LogP contribution is -2.50. The summed E-state index contributed by atoms with van der Waals surface area (Å²) in [6, 6.07) is 9.68. The zero-order chi connectivity index (χ0) is 23.8. The highest BCUT2D eigenvalue weighted by Crippen LogP contribution is 2.28. The standard InChI is InChI=1S/C22H25N3O7S/c1-23-17-6-5-16(14-19(17)32-22(23)27)33(28,29)25-10-8-24(9-11-25)21(26)13-15-4-7-18(30-2)20(12-15)31-3/h4-7,12,14H,8-11,13H2,1-3H3. The summed E-state index contributed by atoms with van der Waals surface area (Å²) in [6.45, 7) is 0.926. The number of ether oxygens (including phenoxy) is 2. The minimum absolute atomic E-state index is 0.0504. The normalized spacial score (nSPS) is 15.1. The van der Waals surface area contributed by atoms with E-state index in [4.69, 9.17) is 13.9 Å². The Balaban J connectivity index is 1.42. The average molecular weight is 476 g/mol. The van der Waals surface area contributed by atoms with Crippen molar-refractivity contribution in [1.29, 1.82) is 0 Å². The topological polar surface area (TPSA) is 111 Å². The second kappa shape index (κ2) is 8.91. The van der Waals surface area contributed by atoms with Gasteiger partial charge in [-0.3, -0.25) is 9.36 Å². The number of aryl methyl sites for hydroxylation is 1. The van der Waals surface area contributed by atoms with Gasteiger partial charge in [0.25, 0.3) is 0 Å². The van der Waals surface area contributed by atoms with E-state index in [1.54, 1.807) is 43.3 Å². The summed E-state index contributed by atoms with van der Waals surface area (Å²) in [6.07, 6.45) is 0.177. The lowest BCUT2D eigenvalue weighted by Gasteiger charge is -2.34. The molecule has 1 amide bonds. The lowest BCUT2D eigenvalue weighted by atomic mass is 10.1. The van der Waals surface area contributed by atoms with Crippen molar-refractivity contribution in [2.75, 3.05) is 40.4 Å². The number of hydrogen-bond acceptors (Lipinski definition) is 7. The summed E-state index contributed by atoms with van der Waals surface area (Å²) in [5.74, 6) is 0.485. The summed E-state index contributed by atoms with van der Waals surface area (Å²) in [4.78, 5) is 26.2. The molecule has 1 aliphatic heterocycles. The Bertz CT molecular complexity index is 1350. The van der Waals surface area contributed by atoms with Gasteiger partial charge in [0.2, 0.25) is 15.9 Å². The second-order valence-corrected chi connectivity index (χ2v) is 9.65. The number of nitrogens with zero attached hydrogens (tertiary/aromatic N) is 3. The molecule has 2 heterocycles. The van der Waals surface area contributed by atoms with Gasteiger partial charge in [-0.25, -0.2) is 13.2 Å². The molecule has 0 radical (unpaired) electrons. The van der Waals surface area contributed by atoms with Crippen LogP contribution >= 0.6 is 0 Å². The van der Waals surface area contributed by atoms with Crippen LogP contribution in [0, 0.1) is 0 Å². The van der Waals surface area contributed by atoms with Gasteiger partial charge in [-0.2, -0.15) is 4.31 Å². The zero-order valence-electron chi connectivity index (χ0n) is 18.6. The number of methoxy groups -OCH3 is 2. The van der Waals surface area contributed by atoms with Crippen molar-refractivity contribution < 1.29 is 27.1 Å². The molecule has 11 heteroatoms. The Labute approximate surface area is 191 Å². The van der Waals surface area contributed by atoms with Crippen LogP contribution in [-0.4, -0.2) is 68.5 Å². The molecule has 0 aliphatic carbocycles. The Morgan fingerprint density at radius 3 is 2.36 bits per heavy atom. The van der Waals surface area contributed by atoms with Crippen LogP contribution in [-0.2, 0) is 28.3 Å². The van der Waals surface area contributed by atoms with Crippen molar-refractivity contribution >= 4 is 27.0 Å². The number of rotatable bonds is 6. The zero-order valence-corrected chi connectivity index (χ0v) is 19.4. The van der Waals surface area contributed by atoms with E-state index >= 15 is 0 Å². The van der Waals surface area contributed by atoms with E-state index < -0.39 is 15.8 Å². The summed E-state index contributed by atoms with van der Waals surface area (Å²) in [7, 11) is 0.848. The van der Waals surface area contributed by atoms with Crippen molar-refractivity contribution in [2.45, 2.75) is 11.3 Å². The Kier molecular flexibility index (Phi) is 6.17. The Morgan fingerprint density at radius 2 is 1.70 bits per heavy atom. The molecule has 1 fully saturated rings. The summed E-state index contributed by atoms with van der Waals surface area (Å²) in [5, 5.41) is 0. The van der Waals surface area contributed by atoms with Crippen LogP contribution < -0.4 is 15.2 Å². The highest BCUT2D eigenvalue weighted by Gasteiger charge is 2.30. The number of carbonyl (C=O) groups excluding carboxylic acids is 1. The average Bonchev–Trinajstić information content (AvgIpc) is 3.11. The SMILES string of the molecule is COc1ccc(CC(=O)N2CCN(S(=O)(=O)c3ccc4c(c3)oc(=O)n4C)CC2)cc1OC. The molecule has 0 N–H and O–H groups in total. The van der Waals surface area contributed by atoms with E-state index in [2.05, 4.69) is 0 Å². The van der Waals surface area contributed by atoms with Gasteiger partial charge in [-0.05, 0) is 29.8 Å². The van der Waals surface area contributed by atoms with Crippen LogP contribution in [0.4, 0.5) is 0 Å². The molecule has 0 bridgehead atoms. The van der Waals surface area contributed by atoms with Gasteiger partial charge < -0.3 is 18.8 Å². The quantitative estimate of drug-likeness (QED) is 0.527. The molecule has 0 saturated carbocycles. The van der Waals surface area contributed by atoms with Gasteiger partial charge in [0, 0.05) is 39.3 Å².